The van der Waals surface area contributed by atoms with Crippen molar-refractivity contribution in [2.45, 2.75) is 57.3 Å². The minimum atomic E-state index is -0.110. The number of hydrazine groups is 1. The highest BCUT2D eigenvalue weighted by atomic mass is 16.6. The van der Waals surface area contributed by atoms with E-state index in [1.54, 1.807) is 0 Å². The van der Waals surface area contributed by atoms with Gasteiger partial charge in [-0.1, -0.05) is 11.6 Å². The number of hydrogen-bond donors (Lipinski definition) is 1. The maximum Gasteiger partial charge on any atom is 0.311 e. The number of esters is 1. The van der Waals surface area contributed by atoms with Crippen LogP contribution in [-0.2, 0) is 14.3 Å². The number of hydrogen-bond acceptors (Lipinski definition) is 5. The number of rotatable bonds is 3. The number of nitrogens with one attached hydrogen (secondary N) is 1. The Morgan fingerprint density at radius 1 is 1.45 bits per heavy atom. The van der Waals surface area contributed by atoms with Crippen molar-refractivity contribution < 1.29 is 14.3 Å². The number of carbonyl (C=O) groups excluding carboxylic acids is 1. The van der Waals surface area contributed by atoms with Gasteiger partial charge in [0.05, 0.1) is 11.5 Å². The van der Waals surface area contributed by atoms with Crippen molar-refractivity contribution in [2.75, 3.05) is 20.6 Å². The summed E-state index contributed by atoms with van der Waals surface area (Å²) in [6.07, 6.45) is 6.44. The SMILES string of the molecule is C/C1=C\CC[C@@]2(C)O[C@H]2[C@H]2OC(=O)[C@@H](CNN(C)C)[C@@H]2CC1. The van der Waals surface area contributed by atoms with E-state index in [-0.39, 0.29) is 35.6 Å². The highest BCUT2D eigenvalue weighted by Gasteiger charge is 2.62. The van der Waals surface area contributed by atoms with Gasteiger partial charge in [-0.15, -0.1) is 0 Å². The van der Waals surface area contributed by atoms with Gasteiger partial charge in [0.25, 0.3) is 0 Å². The quantitative estimate of drug-likeness (QED) is 0.373. The normalized spacial score (nSPS) is 43.9. The molecule has 2 saturated heterocycles. The molecule has 0 aromatic rings. The van der Waals surface area contributed by atoms with Crippen molar-refractivity contribution in [1.82, 2.24) is 10.4 Å². The first-order valence-electron chi connectivity index (χ1n) is 8.35. The third-order valence-electron chi connectivity index (χ3n) is 5.37. The van der Waals surface area contributed by atoms with E-state index in [0.717, 1.165) is 25.7 Å². The summed E-state index contributed by atoms with van der Waals surface area (Å²) in [6.45, 7) is 4.98. The monoisotopic (exact) mass is 308 g/mol. The number of epoxide rings is 1. The third kappa shape index (κ3) is 3.07. The first-order valence-corrected chi connectivity index (χ1v) is 8.35. The zero-order valence-electron chi connectivity index (χ0n) is 14.1. The molecule has 2 fully saturated rings. The lowest BCUT2D eigenvalue weighted by molar-refractivity contribution is -0.145. The lowest BCUT2D eigenvalue weighted by Gasteiger charge is -2.23. The summed E-state index contributed by atoms with van der Waals surface area (Å²) in [7, 11) is 3.89. The zero-order chi connectivity index (χ0) is 15.9. The van der Waals surface area contributed by atoms with Gasteiger partial charge < -0.3 is 9.47 Å². The topological polar surface area (TPSA) is 54.1 Å². The smallest absolute Gasteiger partial charge is 0.311 e. The summed E-state index contributed by atoms with van der Waals surface area (Å²) in [5, 5.41) is 1.89. The predicted octanol–water partition coefficient (Wildman–Crippen LogP) is 1.89. The summed E-state index contributed by atoms with van der Waals surface area (Å²) in [5.41, 5.74) is 4.55. The molecule has 0 bridgehead atoms. The Balaban J connectivity index is 1.78. The third-order valence-corrected chi connectivity index (χ3v) is 5.37. The van der Waals surface area contributed by atoms with Crippen LogP contribution in [0.4, 0.5) is 0 Å². The van der Waals surface area contributed by atoms with E-state index in [4.69, 9.17) is 9.47 Å². The Kier molecular flexibility index (Phi) is 4.32. The molecular formula is C17H28N2O3. The molecule has 0 saturated carbocycles. The molecule has 5 heteroatoms. The molecule has 1 N–H and O–H groups in total. The number of fused-ring (bicyclic) bond motifs is 3. The first kappa shape index (κ1) is 16.0. The molecule has 0 unspecified atom stereocenters. The average molecular weight is 308 g/mol. The van der Waals surface area contributed by atoms with E-state index in [0.29, 0.717) is 6.54 Å². The van der Waals surface area contributed by atoms with Crippen molar-refractivity contribution in [1.29, 1.82) is 0 Å². The Labute approximate surface area is 133 Å². The number of ether oxygens (including phenoxy) is 2. The number of nitrogens with zero attached hydrogens (tertiary/aromatic N) is 1. The van der Waals surface area contributed by atoms with Crippen LogP contribution in [0.1, 0.15) is 39.5 Å². The molecule has 0 amide bonds. The van der Waals surface area contributed by atoms with Gasteiger partial charge in [-0.25, -0.2) is 0 Å². The van der Waals surface area contributed by atoms with Crippen LogP contribution < -0.4 is 5.43 Å². The molecule has 124 valence electrons. The predicted molar refractivity (Wildman–Crippen MR) is 84.1 cm³/mol. The van der Waals surface area contributed by atoms with Crippen molar-refractivity contribution in [2.24, 2.45) is 11.8 Å². The maximum atomic E-state index is 12.3. The minimum Gasteiger partial charge on any atom is -0.459 e. The first-order chi connectivity index (χ1) is 10.4. The Morgan fingerprint density at radius 2 is 2.23 bits per heavy atom. The summed E-state index contributed by atoms with van der Waals surface area (Å²) in [6, 6.07) is 0. The van der Waals surface area contributed by atoms with Crippen molar-refractivity contribution in [3.63, 3.8) is 0 Å². The zero-order valence-corrected chi connectivity index (χ0v) is 14.1. The standard InChI is InChI=1S/C17H28N2O3/c1-11-6-5-9-17(2)15(22-17)14-12(8-7-11)13(16(20)21-14)10-18-19(3)4/h6,12-15,18H,5,7-10H2,1-4H3/b11-6+/t12-,13-,14-,15-,17+/m0/s1. The molecule has 0 aromatic carbocycles. The summed E-state index contributed by atoms with van der Waals surface area (Å²) >= 11 is 0. The second kappa shape index (κ2) is 5.95. The van der Waals surface area contributed by atoms with E-state index in [9.17, 15) is 4.79 Å². The average Bonchev–Trinajstić information content (AvgIpc) is 3.00. The Morgan fingerprint density at radius 3 is 2.95 bits per heavy atom. The molecule has 22 heavy (non-hydrogen) atoms. The van der Waals surface area contributed by atoms with Crippen LogP contribution in [0.5, 0.6) is 0 Å². The lowest BCUT2D eigenvalue weighted by Crippen LogP contribution is -2.39. The van der Waals surface area contributed by atoms with Crippen LogP contribution in [0, 0.1) is 11.8 Å². The van der Waals surface area contributed by atoms with Crippen LogP contribution in [-0.4, -0.2) is 49.4 Å². The largest absolute Gasteiger partial charge is 0.459 e. The lowest BCUT2D eigenvalue weighted by atomic mass is 9.81. The molecule has 3 rings (SSSR count). The van der Waals surface area contributed by atoms with Crippen LogP contribution in [0.3, 0.4) is 0 Å². The van der Waals surface area contributed by atoms with Crippen LogP contribution in [0.15, 0.2) is 11.6 Å². The molecule has 3 aliphatic rings. The molecule has 5 nitrogen and oxygen atoms in total. The fourth-order valence-electron chi connectivity index (χ4n) is 3.85. The summed E-state index contributed by atoms with van der Waals surface area (Å²) in [5.74, 6) is 0.101. The van der Waals surface area contributed by atoms with Gasteiger partial charge in [0.15, 0.2) is 0 Å². The molecule has 0 radical (unpaired) electrons. The van der Waals surface area contributed by atoms with Crippen molar-refractivity contribution in [3.05, 3.63) is 11.6 Å². The molecule has 1 aliphatic carbocycles. The van der Waals surface area contributed by atoms with Gasteiger partial charge >= 0.3 is 5.97 Å². The molecule has 0 aromatic heterocycles. The second-order valence-corrected chi connectivity index (χ2v) is 7.41. The fraction of sp³-hybridized carbons (Fsp3) is 0.824. The summed E-state index contributed by atoms with van der Waals surface area (Å²) < 4.78 is 11.7. The van der Waals surface area contributed by atoms with Gasteiger partial charge in [-0.2, -0.15) is 0 Å². The maximum absolute atomic E-state index is 12.3. The van der Waals surface area contributed by atoms with Crippen LogP contribution in [0.25, 0.3) is 0 Å². The van der Waals surface area contributed by atoms with Crippen LogP contribution >= 0.6 is 0 Å². The fourth-order valence-corrected chi connectivity index (χ4v) is 3.85. The highest BCUT2D eigenvalue weighted by Crippen LogP contribution is 2.50. The number of carbonyl (C=O) groups is 1. The van der Waals surface area contributed by atoms with Gasteiger partial charge in [0.1, 0.15) is 12.2 Å². The van der Waals surface area contributed by atoms with Crippen LogP contribution in [0.2, 0.25) is 0 Å². The number of allylic oxidation sites excluding steroid dienone is 2. The Bertz CT molecular complexity index is 477. The van der Waals surface area contributed by atoms with Gasteiger partial charge in [0.2, 0.25) is 0 Å². The minimum absolute atomic E-state index is 0.0666. The van der Waals surface area contributed by atoms with E-state index < -0.39 is 0 Å². The van der Waals surface area contributed by atoms with E-state index in [1.807, 2.05) is 19.1 Å². The molecule has 0 spiro atoms. The van der Waals surface area contributed by atoms with Crippen molar-refractivity contribution in [3.8, 4) is 0 Å². The highest BCUT2D eigenvalue weighted by molar-refractivity contribution is 5.75. The van der Waals surface area contributed by atoms with Gasteiger partial charge in [-0.05, 0) is 39.5 Å². The molecule has 5 atom stereocenters. The molecule has 2 aliphatic heterocycles. The second-order valence-electron chi connectivity index (χ2n) is 7.41. The van der Waals surface area contributed by atoms with Gasteiger partial charge in [0, 0.05) is 26.6 Å². The Hall–Kier alpha value is -0.910. The van der Waals surface area contributed by atoms with E-state index in [1.165, 1.54) is 5.57 Å². The van der Waals surface area contributed by atoms with Crippen molar-refractivity contribution >= 4 is 5.97 Å². The molecule has 2 heterocycles. The van der Waals surface area contributed by atoms with E-state index >= 15 is 0 Å². The van der Waals surface area contributed by atoms with Gasteiger partial charge in [-0.3, -0.25) is 15.2 Å². The molecular weight excluding hydrogens is 280 g/mol. The summed E-state index contributed by atoms with van der Waals surface area (Å²) in [4.78, 5) is 12.3. The van der Waals surface area contributed by atoms with E-state index in [2.05, 4.69) is 25.3 Å².